The average Bonchev–Trinajstić information content (AvgIpc) is 3.34. The number of carbonyl (C=O) groups is 1. The monoisotopic (exact) mass is 491 g/mol. The predicted molar refractivity (Wildman–Crippen MR) is 147 cm³/mol. The van der Waals surface area contributed by atoms with Crippen LogP contribution in [-0.4, -0.2) is 32.3 Å². The lowest BCUT2D eigenvalue weighted by atomic mass is 9.81. The van der Waals surface area contributed by atoms with E-state index >= 15 is 0 Å². The van der Waals surface area contributed by atoms with Gasteiger partial charge in [0.2, 0.25) is 5.91 Å². The van der Waals surface area contributed by atoms with Gasteiger partial charge in [0.05, 0.1) is 5.52 Å². The van der Waals surface area contributed by atoms with Crippen molar-refractivity contribution in [3.63, 3.8) is 0 Å². The quantitative estimate of drug-likeness (QED) is 0.308. The van der Waals surface area contributed by atoms with Crippen LogP contribution in [0.25, 0.3) is 27.7 Å². The van der Waals surface area contributed by atoms with Gasteiger partial charge < -0.3 is 16.4 Å². The number of benzene rings is 2. The van der Waals surface area contributed by atoms with E-state index in [0.717, 1.165) is 70.7 Å². The van der Waals surface area contributed by atoms with E-state index in [2.05, 4.69) is 44.3 Å². The lowest BCUT2D eigenvalue weighted by Gasteiger charge is -2.26. The Balaban J connectivity index is 1.37. The molecule has 1 fully saturated rings. The number of nitrogens with two attached hydrogens (primary N) is 1. The van der Waals surface area contributed by atoms with Crippen LogP contribution < -0.4 is 16.4 Å². The van der Waals surface area contributed by atoms with E-state index in [1.165, 1.54) is 0 Å². The Morgan fingerprint density at radius 2 is 1.78 bits per heavy atom. The number of anilines is 3. The number of carbonyl (C=O) groups excluding carboxylic acids is 1. The highest BCUT2D eigenvalue weighted by Crippen LogP contribution is 2.39. The SMILES string of the molecule is CNC(=O)C1CCC(c2nc(-c3ccc4ccc(Nc5ccccc5)nc4c3)c3c(N)nccn23)CC1. The number of aromatic nitrogens is 4. The molecule has 8 nitrogen and oxygen atoms in total. The summed E-state index contributed by atoms with van der Waals surface area (Å²) in [5.41, 5.74) is 10.8. The number of hydrogen-bond acceptors (Lipinski definition) is 6. The molecular weight excluding hydrogens is 462 g/mol. The highest BCUT2D eigenvalue weighted by atomic mass is 16.1. The Morgan fingerprint density at radius 1 is 1.00 bits per heavy atom. The molecule has 37 heavy (non-hydrogen) atoms. The molecule has 186 valence electrons. The molecule has 2 aromatic carbocycles. The third-order valence-electron chi connectivity index (χ3n) is 7.33. The second-order valence-electron chi connectivity index (χ2n) is 9.61. The van der Waals surface area contributed by atoms with Gasteiger partial charge in [0.1, 0.15) is 28.7 Å². The summed E-state index contributed by atoms with van der Waals surface area (Å²) in [6, 6.07) is 20.2. The molecule has 0 bridgehead atoms. The standard InChI is InChI=1S/C29H29N7O/c1-31-29(37)20-10-8-19(9-11-20)28-35-25(26-27(30)32-15-16-36(26)28)21-12-7-18-13-14-24(34-23(18)17-21)33-22-5-3-2-4-6-22/h2-7,12-17,19-20H,8-11H2,1H3,(H2,30,32)(H,31,37)(H,33,34). The maximum Gasteiger partial charge on any atom is 0.222 e. The number of pyridine rings is 1. The fourth-order valence-corrected chi connectivity index (χ4v) is 5.40. The summed E-state index contributed by atoms with van der Waals surface area (Å²) in [6.07, 6.45) is 7.18. The minimum absolute atomic E-state index is 0.0731. The van der Waals surface area contributed by atoms with Gasteiger partial charge in [-0.3, -0.25) is 9.20 Å². The summed E-state index contributed by atoms with van der Waals surface area (Å²) < 4.78 is 2.08. The van der Waals surface area contributed by atoms with Crippen molar-refractivity contribution in [3.05, 3.63) is 78.9 Å². The van der Waals surface area contributed by atoms with Crippen LogP contribution in [0.4, 0.5) is 17.3 Å². The number of nitrogens with one attached hydrogen (secondary N) is 2. The summed E-state index contributed by atoms with van der Waals surface area (Å²) in [4.78, 5) is 26.5. The maximum absolute atomic E-state index is 12.1. The molecule has 0 unspecified atom stereocenters. The molecule has 0 atom stereocenters. The first-order valence-corrected chi connectivity index (χ1v) is 12.7. The number of imidazole rings is 1. The fourth-order valence-electron chi connectivity index (χ4n) is 5.40. The first kappa shape index (κ1) is 23.0. The van der Waals surface area contributed by atoms with Crippen molar-refractivity contribution in [1.29, 1.82) is 0 Å². The van der Waals surface area contributed by atoms with Crippen molar-refractivity contribution in [2.75, 3.05) is 18.1 Å². The van der Waals surface area contributed by atoms with Crippen LogP contribution in [0.5, 0.6) is 0 Å². The van der Waals surface area contributed by atoms with Crippen molar-refractivity contribution in [2.45, 2.75) is 31.6 Å². The number of amides is 1. The van der Waals surface area contributed by atoms with Gasteiger partial charge in [0.25, 0.3) is 0 Å². The molecule has 0 aliphatic heterocycles. The van der Waals surface area contributed by atoms with Crippen LogP contribution >= 0.6 is 0 Å². The Labute approximate surface area is 215 Å². The maximum atomic E-state index is 12.1. The van der Waals surface area contributed by atoms with Gasteiger partial charge in [-0.25, -0.2) is 15.0 Å². The van der Waals surface area contributed by atoms with Gasteiger partial charge >= 0.3 is 0 Å². The van der Waals surface area contributed by atoms with Crippen LogP contribution in [0, 0.1) is 5.92 Å². The zero-order valence-corrected chi connectivity index (χ0v) is 20.7. The smallest absolute Gasteiger partial charge is 0.222 e. The molecule has 1 amide bonds. The molecular formula is C29H29N7O. The minimum Gasteiger partial charge on any atom is -0.382 e. The molecule has 0 saturated heterocycles. The first-order valence-electron chi connectivity index (χ1n) is 12.7. The Hall–Kier alpha value is -4.46. The summed E-state index contributed by atoms with van der Waals surface area (Å²) in [5, 5.41) is 7.20. The van der Waals surface area contributed by atoms with Gasteiger partial charge in [-0.05, 0) is 56.0 Å². The molecule has 6 rings (SSSR count). The van der Waals surface area contributed by atoms with Crippen LogP contribution in [0.1, 0.15) is 37.4 Å². The fraction of sp³-hybridized carbons (Fsp3) is 0.241. The minimum atomic E-state index is 0.0731. The molecule has 0 spiro atoms. The lowest BCUT2D eigenvalue weighted by molar-refractivity contribution is -0.125. The highest BCUT2D eigenvalue weighted by Gasteiger charge is 2.30. The van der Waals surface area contributed by atoms with Crippen molar-refractivity contribution in [3.8, 4) is 11.3 Å². The van der Waals surface area contributed by atoms with E-state index in [4.69, 9.17) is 15.7 Å². The van der Waals surface area contributed by atoms with Crippen molar-refractivity contribution < 1.29 is 4.79 Å². The summed E-state index contributed by atoms with van der Waals surface area (Å²) in [6.45, 7) is 0. The molecule has 1 aliphatic rings. The van der Waals surface area contributed by atoms with Gasteiger partial charge in [-0.2, -0.15) is 0 Å². The molecule has 8 heteroatoms. The molecule has 3 aromatic heterocycles. The second kappa shape index (κ2) is 9.54. The van der Waals surface area contributed by atoms with Gasteiger partial charge in [-0.15, -0.1) is 0 Å². The third kappa shape index (κ3) is 4.35. The van der Waals surface area contributed by atoms with E-state index in [1.54, 1.807) is 13.2 Å². The summed E-state index contributed by atoms with van der Waals surface area (Å²) in [5.74, 6) is 2.66. The van der Waals surface area contributed by atoms with Crippen LogP contribution in [0.15, 0.2) is 73.1 Å². The normalized spacial score (nSPS) is 17.6. The summed E-state index contributed by atoms with van der Waals surface area (Å²) in [7, 11) is 1.71. The average molecular weight is 492 g/mol. The molecule has 1 aliphatic carbocycles. The Morgan fingerprint density at radius 3 is 2.57 bits per heavy atom. The number of fused-ring (bicyclic) bond motifs is 2. The topological polar surface area (TPSA) is 110 Å². The number of nitrogens with zero attached hydrogens (tertiary/aromatic N) is 4. The van der Waals surface area contributed by atoms with Crippen LogP contribution in [0.2, 0.25) is 0 Å². The molecule has 3 heterocycles. The van der Waals surface area contributed by atoms with E-state index in [-0.39, 0.29) is 17.7 Å². The third-order valence-corrected chi connectivity index (χ3v) is 7.33. The van der Waals surface area contributed by atoms with Gasteiger partial charge in [-0.1, -0.05) is 30.3 Å². The van der Waals surface area contributed by atoms with Gasteiger partial charge in [0.15, 0.2) is 0 Å². The van der Waals surface area contributed by atoms with Crippen molar-refractivity contribution in [1.82, 2.24) is 24.7 Å². The second-order valence-corrected chi connectivity index (χ2v) is 9.61. The zero-order chi connectivity index (χ0) is 25.4. The zero-order valence-electron chi connectivity index (χ0n) is 20.7. The molecule has 4 N–H and O–H groups in total. The van der Waals surface area contributed by atoms with Crippen LogP contribution in [0.3, 0.4) is 0 Å². The van der Waals surface area contributed by atoms with E-state index in [1.807, 2.05) is 42.6 Å². The number of rotatable bonds is 5. The molecule has 5 aromatic rings. The summed E-state index contributed by atoms with van der Waals surface area (Å²) >= 11 is 0. The van der Waals surface area contributed by atoms with Crippen LogP contribution in [-0.2, 0) is 4.79 Å². The first-order chi connectivity index (χ1) is 18.1. The van der Waals surface area contributed by atoms with Gasteiger partial charge in [0, 0.05) is 47.9 Å². The van der Waals surface area contributed by atoms with Crippen molar-refractivity contribution >= 4 is 39.6 Å². The number of nitrogen functional groups attached to an aromatic ring is 1. The molecule has 0 radical (unpaired) electrons. The number of para-hydroxylation sites is 1. The molecule has 1 saturated carbocycles. The largest absolute Gasteiger partial charge is 0.382 e. The van der Waals surface area contributed by atoms with E-state index < -0.39 is 0 Å². The highest BCUT2D eigenvalue weighted by molar-refractivity contribution is 5.91. The lowest BCUT2D eigenvalue weighted by Crippen LogP contribution is -2.30. The van der Waals surface area contributed by atoms with Crippen molar-refractivity contribution in [2.24, 2.45) is 5.92 Å². The Kier molecular flexibility index (Phi) is 5.92. The Bertz CT molecular complexity index is 1590. The van der Waals surface area contributed by atoms with E-state index in [0.29, 0.717) is 5.82 Å². The van der Waals surface area contributed by atoms with E-state index in [9.17, 15) is 4.79 Å². The number of hydrogen-bond donors (Lipinski definition) is 3. The predicted octanol–water partition coefficient (Wildman–Crippen LogP) is 5.29.